The molecule has 3 heterocycles. The van der Waals surface area contributed by atoms with Gasteiger partial charge in [0.2, 0.25) is 0 Å². The van der Waals surface area contributed by atoms with Crippen LogP contribution in [0.5, 0.6) is 0 Å². The maximum atomic E-state index is 6.42. The van der Waals surface area contributed by atoms with Crippen molar-refractivity contribution in [3.63, 3.8) is 0 Å². The Morgan fingerprint density at radius 2 is 1.70 bits per heavy atom. The third kappa shape index (κ3) is 3.38. The van der Waals surface area contributed by atoms with E-state index in [0.29, 0.717) is 17.8 Å². The summed E-state index contributed by atoms with van der Waals surface area (Å²) >= 11 is 3.66. The number of nitrogen functional groups attached to an aromatic ring is 1. The molecule has 0 radical (unpaired) electrons. The molecule has 6 nitrogen and oxygen atoms in total. The lowest BCUT2D eigenvalue weighted by atomic mass is 9.84. The zero-order valence-electron chi connectivity index (χ0n) is 16.5. The fourth-order valence-electron chi connectivity index (χ4n) is 4.21. The Morgan fingerprint density at radius 1 is 0.933 bits per heavy atom. The van der Waals surface area contributed by atoms with Gasteiger partial charge in [0.15, 0.2) is 5.65 Å². The van der Waals surface area contributed by atoms with Gasteiger partial charge in [-0.2, -0.15) is 9.61 Å². The minimum Gasteiger partial charge on any atom is -0.383 e. The van der Waals surface area contributed by atoms with Crippen LogP contribution >= 0.6 is 15.9 Å². The highest BCUT2D eigenvalue weighted by Crippen LogP contribution is 2.38. The van der Waals surface area contributed by atoms with E-state index in [2.05, 4.69) is 44.2 Å². The zero-order valence-corrected chi connectivity index (χ0v) is 18.1. The van der Waals surface area contributed by atoms with Gasteiger partial charge < -0.3 is 11.5 Å². The topological polar surface area (TPSA) is 95.1 Å². The summed E-state index contributed by atoms with van der Waals surface area (Å²) < 4.78 is 2.53. The summed E-state index contributed by atoms with van der Waals surface area (Å²) in [5, 5.41) is 4.49. The molecular weight excluding hydrogens is 440 g/mol. The van der Waals surface area contributed by atoms with Crippen molar-refractivity contribution in [3.05, 3.63) is 65.0 Å². The van der Waals surface area contributed by atoms with Crippen molar-refractivity contribution in [3.8, 4) is 22.4 Å². The molecule has 0 unspecified atom stereocenters. The van der Waals surface area contributed by atoms with E-state index in [0.717, 1.165) is 63.9 Å². The van der Waals surface area contributed by atoms with E-state index in [1.54, 1.807) is 4.52 Å². The predicted octanol–water partition coefficient (Wildman–Crippen LogP) is 4.79. The van der Waals surface area contributed by atoms with Crippen LogP contribution in [0.25, 0.3) is 28.0 Å². The molecule has 4 aromatic rings. The van der Waals surface area contributed by atoms with Crippen molar-refractivity contribution in [2.75, 3.05) is 5.73 Å². The van der Waals surface area contributed by atoms with E-state index in [4.69, 9.17) is 16.5 Å². The van der Waals surface area contributed by atoms with Crippen molar-refractivity contribution < 1.29 is 0 Å². The number of hydrogen-bond acceptors (Lipinski definition) is 5. The molecule has 1 aliphatic rings. The first kappa shape index (κ1) is 19.2. The van der Waals surface area contributed by atoms with Gasteiger partial charge in [-0.3, -0.25) is 4.98 Å². The number of rotatable bonds is 3. The fourth-order valence-corrected chi connectivity index (χ4v) is 4.79. The second kappa shape index (κ2) is 7.81. The Hall–Kier alpha value is -2.77. The maximum absolute atomic E-state index is 6.42. The third-order valence-corrected chi connectivity index (χ3v) is 6.76. The zero-order chi connectivity index (χ0) is 20.7. The van der Waals surface area contributed by atoms with Gasteiger partial charge >= 0.3 is 0 Å². The summed E-state index contributed by atoms with van der Waals surface area (Å²) in [4.78, 5) is 9.66. The van der Waals surface area contributed by atoms with E-state index in [9.17, 15) is 0 Å². The molecule has 7 heteroatoms. The number of pyridine rings is 1. The number of hydrogen-bond donors (Lipinski definition) is 2. The van der Waals surface area contributed by atoms with Crippen LogP contribution in [0.3, 0.4) is 0 Å². The number of anilines is 1. The lowest BCUT2D eigenvalue weighted by molar-refractivity contribution is 0.390. The number of nitrogens with two attached hydrogens (primary N) is 2. The van der Waals surface area contributed by atoms with Crippen LogP contribution in [0, 0.1) is 0 Å². The highest BCUT2D eigenvalue weighted by Gasteiger charge is 2.26. The number of aromatic nitrogens is 4. The van der Waals surface area contributed by atoms with Gasteiger partial charge in [-0.1, -0.05) is 36.4 Å². The Morgan fingerprint density at radius 3 is 2.40 bits per heavy atom. The van der Waals surface area contributed by atoms with Gasteiger partial charge in [-0.05, 0) is 47.7 Å². The number of halogens is 1. The quantitative estimate of drug-likeness (QED) is 0.456. The molecule has 0 bridgehead atoms. The Kier molecular flexibility index (Phi) is 5.00. The molecular formula is C23H23BrN6. The monoisotopic (exact) mass is 462 g/mol. The Bertz CT molecular complexity index is 1180. The Labute approximate surface area is 183 Å². The second-order valence-electron chi connectivity index (χ2n) is 7.90. The third-order valence-electron chi connectivity index (χ3n) is 5.95. The van der Waals surface area contributed by atoms with Crippen LogP contribution in [0.1, 0.15) is 37.3 Å². The molecule has 0 amide bonds. The summed E-state index contributed by atoms with van der Waals surface area (Å²) in [5.41, 5.74) is 18.2. The summed E-state index contributed by atoms with van der Waals surface area (Å²) in [6.45, 7) is 0. The normalized spacial score (nSPS) is 19.3. The smallest absolute Gasteiger partial charge is 0.165 e. The highest BCUT2D eigenvalue weighted by molar-refractivity contribution is 9.10. The number of nitrogens with zero attached hydrogens (tertiary/aromatic N) is 4. The summed E-state index contributed by atoms with van der Waals surface area (Å²) in [6.07, 6.45) is 7.77. The molecule has 1 aromatic carbocycles. The van der Waals surface area contributed by atoms with Crippen molar-refractivity contribution in [1.82, 2.24) is 19.6 Å². The first-order valence-corrected chi connectivity index (χ1v) is 11.0. The fraction of sp³-hybridized carbons (Fsp3) is 0.261. The lowest BCUT2D eigenvalue weighted by Gasteiger charge is -2.26. The van der Waals surface area contributed by atoms with E-state index in [-0.39, 0.29) is 0 Å². The maximum Gasteiger partial charge on any atom is 0.165 e. The molecule has 0 saturated heterocycles. The second-order valence-corrected chi connectivity index (χ2v) is 8.69. The number of fused-ring (bicyclic) bond motifs is 1. The average Bonchev–Trinajstić information content (AvgIpc) is 3.22. The van der Waals surface area contributed by atoms with E-state index < -0.39 is 0 Å². The molecule has 4 N–H and O–H groups in total. The van der Waals surface area contributed by atoms with E-state index in [1.807, 2.05) is 36.7 Å². The van der Waals surface area contributed by atoms with Crippen molar-refractivity contribution >= 4 is 27.4 Å². The molecule has 0 aliphatic heterocycles. The molecule has 152 valence electrons. The minimum atomic E-state index is 0.292. The van der Waals surface area contributed by atoms with Gasteiger partial charge in [0.25, 0.3) is 0 Å². The van der Waals surface area contributed by atoms with Crippen molar-refractivity contribution in [1.29, 1.82) is 0 Å². The van der Waals surface area contributed by atoms with E-state index >= 15 is 0 Å². The average molecular weight is 463 g/mol. The largest absolute Gasteiger partial charge is 0.383 e. The van der Waals surface area contributed by atoms with Gasteiger partial charge in [0, 0.05) is 34.8 Å². The first-order valence-electron chi connectivity index (χ1n) is 10.2. The highest BCUT2D eigenvalue weighted by atomic mass is 79.9. The van der Waals surface area contributed by atoms with Gasteiger partial charge in [0.05, 0.1) is 22.1 Å². The SMILES string of the molecule is Nc1c(Br)c([C@H]2CC[C@H](N)CC2)nc2c(-c3ccc(-c4ccccc4)nc3)cnn12. The van der Waals surface area contributed by atoms with Gasteiger partial charge in [-0.15, -0.1) is 0 Å². The Balaban J connectivity index is 1.55. The van der Waals surface area contributed by atoms with Gasteiger partial charge in [-0.25, -0.2) is 4.98 Å². The van der Waals surface area contributed by atoms with Gasteiger partial charge in [0.1, 0.15) is 5.82 Å². The van der Waals surface area contributed by atoms with Crippen LogP contribution in [-0.4, -0.2) is 25.6 Å². The van der Waals surface area contributed by atoms with Crippen LogP contribution in [0.2, 0.25) is 0 Å². The molecule has 3 aromatic heterocycles. The molecule has 1 fully saturated rings. The summed E-state index contributed by atoms with van der Waals surface area (Å²) in [5.74, 6) is 0.929. The standard InChI is InChI=1S/C23H23BrN6/c24-20-21(15-6-9-17(25)10-7-15)29-23-18(13-28-30(23)22(20)26)16-8-11-19(27-12-16)14-4-2-1-3-5-14/h1-5,8,11-13,15,17H,6-7,9-10,25-26H2/t15-,17-. The van der Waals surface area contributed by atoms with Crippen LogP contribution in [0.4, 0.5) is 5.82 Å². The van der Waals surface area contributed by atoms with Crippen molar-refractivity contribution in [2.24, 2.45) is 5.73 Å². The minimum absolute atomic E-state index is 0.292. The van der Waals surface area contributed by atoms with E-state index in [1.165, 1.54) is 0 Å². The molecule has 5 rings (SSSR count). The first-order chi connectivity index (χ1) is 14.6. The summed E-state index contributed by atoms with van der Waals surface area (Å²) in [7, 11) is 0. The number of benzene rings is 1. The molecule has 1 saturated carbocycles. The lowest BCUT2D eigenvalue weighted by Crippen LogP contribution is -2.26. The predicted molar refractivity (Wildman–Crippen MR) is 123 cm³/mol. The molecule has 0 atom stereocenters. The molecule has 30 heavy (non-hydrogen) atoms. The van der Waals surface area contributed by atoms with Crippen LogP contribution in [-0.2, 0) is 0 Å². The van der Waals surface area contributed by atoms with Crippen LogP contribution in [0.15, 0.2) is 59.3 Å². The van der Waals surface area contributed by atoms with Crippen LogP contribution < -0.4 is 11.5 Å². The van der Waals surface area contributed by atoms with Crippen molar-refractivity contribution in [2.45, 2.75) is 37.6 Å². The molecule has 0 spiro atoms. The molecule has 1 aliphatic carbocycles. The summed E-state index contributed by atoms with van der Waals surface area (Å²) in [6, 6.07) is 14.5.